The Morgan fingerprint density at radius 2 is 1.75 bits per heavy atom. The Labute approximate surface area is 124 Å². The molecule has 1 saturated carbocycles. The maximum atomic E-state index is 12.0. The van der Waals surface area contributed by atoms with Gasteiger partial charge in [0.25, 0.3) is 0 Å². The minimum atomic E-state index is -0.0216. The third-order valence-corrected chi connectivity index (χ3v) is 4.50. The molecule has 0 aromatic heterocycles. The second kappa shape index (κ2) is 9.35. The van der Waals surface area contributed by atoms with Gasteiger partial charge >= 0.3 is 0 Å². The fraction of sp³-hybridized carbons (Fsp3) is 0.938. The van der Waals surface area contributed by atoms with E-state index in [-0.39, 0.29) is 11.9 Å². The summed E-state index contributed by atoms with van der Waals surface area (Å²) in [6.45, 7) is 8.22. The molecule has 4 nitrogen and oxygen atoms in total. The summed E-state index contributed by atoms with van der Waals surface area (Å²) >= 11 is 0. The van der Waals surface area contributed by atoms with Gasteiger partial charge in [0, 0.05) is 18.6 Å². The van der Waals surface area contributed by atoms with Crippen molar-refractivity contribution in [2.24, 2.45) is 0 Å². The van der Waals surface area contributed by atoms with Crippen molar-refractivity contribution in [1.82, 2.24) is 15.5 Å². The number of carbonyl (C=O) groups is 1. The van der Waals surface area contributed by atoms with Gasteiger partial charge in [0.05, 0.1) is 6.04 Å². The van der Waals surface area contributed by atoms with E-state index in [9.17, 15) is 4.79 Å². The lowest BCUT2D eigenvalue weighted by Gasteiger charge is -2.37. The molecule has 20 heavy (non-hydrogen) atoms. The van der Waals surface area contributed by atoms with E-state index in [2.05, 4.69) is 36.4 Å². The summed E-state index contributed by atoms with van der Waals surface area (Å²) in [6, 6.07) is 1.22. The maximum absolute atomic E-state index is 12.0. The van der Waals surface area contributed by atoms with E-state index in [0.717, 1.165) is 19.5 Å². The molecule has 118 valence electrons. The van der Waals surface area contributed by atoms with Crippen LogP contribution in [0.5, 0.6) is 0 Å². The highest BCUT2D eigenvalue weighted by molar-refractivity contribution is 5.81. The Hall–Kier alpha value is -0.610. The van der Waals surface area contributed by atoms with Gasteiger partial charge in [-0.1, -0.05) is 13.8 Å². The highest BCUT2D eigenvalue weighted by atomic mass is 16.2. The minimum Gasteiger partial charge on any atom is -0.355 e. The van der Waals surface area contributed by atoms with Gasteiger partial charge < -0.3 is 10.6 Å². The van der Waals surface area contributed by atoms with Gasteiger partial charge in [-0.25, -0.2) is 0 Å². The molecule has 1 unspecified atom stereocenters. The molecule has 1 atom stereocenters. The van der Waals surface area contributed by atoms with Crippen molar-refractivity contribution in [3.05, 3.63) is 0 Å². The molecule has 0 radical (unpaired) electrons. The van der Waals surface area contributed by atoms with Crippen LogP contribution in [0.2, 0.25) is 0 Å². The number of nitrogens with one attached hydrogen (secondary N) is 2. The van der Waals surface area contributed by atoms with Gasteiger partial charge in [0.15, 0.2) is 0 Å². The number of amides is 1. The summed E-state index contributed by atoms with van der Waals surface area (Å²) in [7, 11) is 2.10. The molecule has 1 fully saturated rings. The fourth-order valence-corrected chi connectivity index (χ4v) is 2.93. The van der Waals surface area contributed by atoms with Gasteiger partial charge in [-0.05, 0) is 59.0 Å². The van der Waals surface area contributed by atoms with Crippen LogP contribution in [-0.4, -0.2) is 49.1 Å². The number of hydrogen-bond acceptors (Lipinski definition) is 3. The SMILES string of the molecule is CCCNC(=O)C(C)N(C)C1CCC(NCCC)CC1. The molecular formula is C16H33N3O. The van der Waals surface area contributed by atoms with Crippen molar-refractivity contribution in [1.29, 1.82) is 0 Å². The molecule has 4 heteroatoms. The van der Waals surface area contributed by atoms with Gasteiger partial charge in [-0.2, -0.15) is 0 Å². The standard InChI is InChI=1S/C16H33N3O/c1-5-11-17-14-7-9-15(10-8-14)19(4)13(3)16(20)18-12-6-2/h13-15,17H,5-12H2,1-4H3,(H,18,20). The molecule has 0 aromatic rings. The number of nitrogens with zero attached hydrogens (tertiary/aromatic N) is 1. The lowest BCUT2D eigenvalue weighted by molar-refractivity contribution is -0.126. The normalized spacial score (nSPS) is 24.6. The second-order valence-electron chi connectivity index (χ2n) is 6.09. The van der Waals surface area contributed by atoms with Crippen LogP contribution >= 0.6 is 0 Å². The predicted octanol–water partition coefficient (Wildman–Crippen LogP) is 2.14. The quantitative estimate of drug-likeness (QED) is 0.717. The largest absolute Gasteiger partial charge is 0.355 e. The van der Waals surface area contributed by atoms with Crippen molar-refractivity contribution < 1.29 is 4.79 Å². The molecular weight excluding hydrogens is 250 g/mol. The van der Waals surface area contributed by atoms with Crippen LogP contribution in [0.15, 0.2) is 0 Å². The zero-order valence-electron chi connectivity index (χ0n) is 13.7. The fourth-order valence-electron chi connectivity index (χ4n) is 2.93. The molecule has 0 bridgehead atoms. The Kier molecular flexibility index (Phi) is 8.15. The summed E-state index contributed by atoms with van der Waals surface area (Å²) in [6.07, 6.45) is 7.06. The Balaban J connectivity index is 2.34. The molecule has 0 aliphatic heterocycles. The summed E-state index contributed by atoms with van der Waals surface area (Å²) < 4.78 is 0. The zero-order chi connectivity index (χ0) is 15.0. The molecule has 2 N–H and O–H groups in total. The zero-order valence-corrected chi connectivity index (χ0v) is 13.7. The van der Waals surface area contributed by atoms with Crippen LogP contribution in [-0.2, 0) is 4.79 Å². The number of rotatable bonds is 8. The van der Waals surface area contributed by atoms with Gasteiger partial charge in [-0.15, -0.1) is 0 Å². The average molecular weight is 283 g/mol. The lowest BCUT2D eigenvalue weighted by Crippen LogP contribution is -2.50. The van der Waals surface area contributed by atoms with E-state index in [1.807, 2.05) is 6.92 Å². The van der Waals surface area contributed by atoms with Crippen LogP contribution in [0.3, 0.4) is 0 Å². The summed E-state index contributed by atoms with van der Waals surface area (Å²) in [5.74, 6) is 0.167. The van der Waals surface area contributed by atoms with Gasteiger partial charge in [0.1, 0.15) is 0 Å². The molecule has 0 heterocycles. The maximum Gasteiger partial charge on any atom is 0.237 e. The van der Waals surface area contributed by atoms with Crippen LogP contribution < -0.4 is 10.6 Å². The molecule has 0 aromatic carbocycles. The van der Waals surface area contributed by atoms with Crippen molar-refractivity contribution >= 4 is 5.91 Å². The molecule has 1 aliphatic carbocycles. The van der Waals surface area contributed by atoms with E-state index in [0.29, 0.717) is 12.1 Å². The van der Waals surface area contributed by atoms with Crippen molar-refractivity contribution in [3.8, 4) is 0 Å². The van der Waals surface area contributed by atoms with Crippen molar-refractivity contribution in [2.45, 2.75) is 77.4 Å². The first-order valence-electron chi connectivity index (χ1n) is 8.33. The molecule has 0 spiro atoms. The van der Waals surface area contributed by atoms with Crippen LogP contribution in [0.4, 0.5) is 0 Å². The van der Waals surface area contributed by atoms with Crippen LogP contribution in [0, 0.1) is 0 Å². The van der Waals surface area contributed by atoms with E-state index in [1.54, 1.807) is 0 Å². The topological polar surface area (TPSA) is 44.4 Å². The number of likely N-dealkylation sites (N-methyl/N-ethyl adjacent to an activating group) is 1. The van der Waals surface area contributed by atoms with Gasteiger partial charge in [-0.3, -0.25) is 9.69 Å². The van der Waals surface area contributed by atoms with Gasteiger partial charge in [0.2, 0.25) is 5.91 Å². The molecule has 1 rings (SSSR count). The van der Waals surface area contributed by atoms with E-state index in [4.69, 9.17) is 0 Å². The van der Waals surface area contributed by atoms with Crippen molar-refractivity contribution in [3.63, 3.8) is 0 Å². The predicted molar refractivity (Wildman–Crippen MR) is 84.9 cm³/mol. The highest BCUT2D eigenvalue weighted by Crippen LogP contribution is 2.23. The van der Waals surface area contributed by atoms with Crippen LogP contribution in [0.1, 0.15) is 59.3 Å². The summed E-state index contributed by atoms with van der Waals surface area (Å²) in [5, 5.41) is 6.61. The Morgan fingerprint density at radius 3 is 2.30 bits per heavy atom. The Bertz CT molecular complexity index is 275. The number of hydrogen-bond donors (Lipinski definition) is 2. The first-order valence-corrected chi connectivity index (χ1v) is 8.33. The monoisotopic (exact) mass is 283 g/mol. The number of carbonyl (C=O) groups excluding carboxylic acids is 1. The third kappa shape index (κ3) is 5.41. The van der Waals surface area contributed by atoms with E-state index < -0.39 is 0 Å². The Morgan fingerprint density at radius 1 is 1.15 bits per heavy atom. The third-order valence-electron chi connectivity index (χ3n) is 4.50. The summed E-state index contributed by atoms with van der Waals surface area (Å²) in [4.78, 5) is 14.3. The van der Waals surface area contributed by atoms with Crippen LogP contribution in [0.25, 0.3) is 0 Å². The van der Waals surface area contributed by atoms with Crippen molar-refractivity contribution in [2.75, 3.05) is 20.1 Å². The van der Waals surface area contributed by atoms with E-state index >= 15 is 0 Å². The minimum absolute atomic E-state index is 0.0216. The second-order valence-corrected chi connectivity index (χ2v) is 6.09. The first kappa shape index (κ1) is 17.4. The van der Waals surface area contributed by atoms with E-state index in [1.165, 1.54) is 32.1 Å². The highest BCUT2D eigenvalue weighted by Gasteiger charge is 2.28. The summed E-state index contributed by atoms with van der Waals surface area (Å²) in [5.41, 5.74) is 0. The molecule has 0 saturated heterocycles. The smallest absolute Gasteiger partial charge is 0.237 e. The molecule has 1 aliphatic rings. The average Bonchev–Trinajstić information content (AvgIpc) is 2.49. The lowest BCUT2D eigenvalue weighted by atomic mass is 9.89. The first-order chi connectivity index (χ1) is 9.60. The molecule has 1 amide bonds.